The zero-order valence-electron chi connectivity index (χ0n) is 7.94. The van der Waals surface area contributed by atoms with Gasteiger partial charge in [0.15, 0.2) is 11.0 Å². The summed E-state index contributed by atoms with van der Waals surface area (Å²) in [6.07, 6.45) is 2.44. The lowest BCUT2D eigenvalue weighted by Gasteiger charge is -2.21. The minimum atomic E-state index is 0.512. The van der Waals surface area contributed by atoms with E-state index in [-0.39, 0.29) is 0 Å². The van der Waals surface area contributed by atoms with Crippen LogP contribution in [0.4, 0.5) is 5.82 Å². The molecule has 0 spiro atoms. The molecule has 78 valence electrons. The second-order valence-electron chi connectivity index (χ2n) is 3.30. The SMILES string of the molecule is COCCN(c1nsnc1Cl)C1CC1. The maximum atomic E-state index is 5.94. The monoisotopic (exact) mass is 233 g/mol. The van der Waals surface area contributed by atoms with Gasteiger partial charge in [-0.1, -0.05) is 11.6 Å². The highest BCUT2D eigenvalue weighted by Crippen LogP contribution is 2.33. The summed E-state index contributed by atoms with van der Waals surface area (Å²) in [4.78, 5) is 2.19. The van der Waals surface area contributed by atoms with Crippen LogP contribution in [-0.2, 0) is 4.74 Å². The molecule has 0 unspecified atom stereocenters. The van der Waals surface area contributed by atoms with Crippen LogP contribution in [0, 0.1) is 0 Å². The largest absolute Gasteiger partial charge is 0.383 e. The van der Waals surface area contributed by atoms with E-state index in [0.29, 0.717) is 17.8 Å². The van der Waals surface area contributed by atoms with Crippen molar-refractivity contribution in [1.29, 1.82) is 0 Å². The number of aromatic nitrogens is 2. The van der Waals surface area contributed by atoms with Crippen molar-refractivity contribution >= 4 is 29.1 Å². The first-order chi connectivity index (χ1) is 6.83. The van der Waals surface area contributed by atoms with Crippen molar-refractivity contribution in [3.63, 3.8) is 0 Å². The molecule has 0 radical (unpaired) electrons. The van der Waals surface area contributed by atoms with Gasteiger partial charge in [0, 0.05) is 19.7 Å². The molecule has 0 bridgehead atoms. The molecule has 14 heavy (non-hydrogen) atoms. The first kappa shape index (κ1) is 10.1. The molecule has 0 saturated heterocycles. The van der Waals surface area contributed by atoms with Crippen LogP contribution in [0.5, 0.6) is 0 Å². The van der Waals surface area contributed by atoms with Gasteiger partial charge in [-0.3, -0.25) is 0 Å². The fraction of sp³-hybridized carbons (Fsp3) is 0.750. The molecule has 1 heterocycles. The van der Waals surface area contributed by atoms with Gasteiger partial charge in [-0.15, -0.1) is 0 Å². The molecule has 0 N–H and O–H groups in total. The summed E-state index contributed by atoms with van der Waals surface area (Å²) in [5.41, 5.74) is 0. The first-order valence-electron chi connectivity index (χ1n) is 4.56. The van der Waals surface area contributed by atoms with Crippen LogP contribution >= 0.6 is 23.3 Å². The normalized spacial score (nSPS) is 15.9. The molecule has 0 aromatic carbocycles. The summed E-state index contributed by atoms with van der Waals surface area (Å²) in [5, 5.41) is 0.512. The fourth-order valence-electron chi connectivity index (χ4n) is 1.38. The third kappa shape index (κ3) is 2.16. The average Bonchev–Trinajstić information content (AvgIpc) is 2.92. The maximum Gasteiger partial charge on any atom is 0.187 e. The Balaban J connectivity index is 2.06. The van der Waals surface area contributed by atoms with Gasteiger partial charge in [-0.25, -0.2) is 0 Å². The molecule has 1 aromatic rings. The Morgan fingerprint density at radius 3 is 2.86 bits per heavy atom. The van der Waals surface area contributed by atoms with Crippen molar-refractivity contribution in [3.05, 3.63) is 5.15 Å². The van der Waals surface area contributed by atoms with E-state index >= 15 is 0 Å². The lowest BCUT2D eigenvalue weighted by atomic mass is 10.4. The van der Waals surface area contributed by atoms with Crippen LogP contribution in [-0.4, -0.2) is 35.1 Å². The number of anilines is 1. The molecule has 1 aliphatic carbocycles. The smallest absolute Gasteiger partial charge is 0.187 e. The second kappa shape index (κ2) is 4.42. The number of methoxy groups -OCH3 is 1. The summed E-state index contributed by atoms with van der Waals surface area (Å²) in [7, 11) is 1.70. The van der Waals surface area contributed by atoms with E-state index in [1.807, 2.05) is 0 Å². The predicted molar refractivity (Wildman–Crippen MR) is 57.2 cm³/mol. The molecular formula is C8H12ClN3OS. The highest BCUT2D eigenvalue weighted by molar-refractivity contribution is 6.99. The van der Waals surface area contributed by atoms with Gasteiger partial charge >= 0.3 is 0 Å². The standard InChI is InChI=1S/C8H12ClN3OS/c1-13-5-4-12(6-2-3-6)8-7(9)10-14-11-8/h6H,2-5H2,1H3. The predicted octanol–water partition coefficient (Wildman–Crippen LogP) is 1.81. The van der Waals surface area contributed by atoms with E-state index in [1.54, 1.807) is 7.11 Å². The summed E-state index contributed by atoms with van der Waals surface area (Å²) in [5.74, 6) is 0.816. The molecule has 2 rings (SSSR count). The lowest BCUT2D eigenvalue weighted by molar-refractivity contribution is 0.205. The third-order valence-corrected chi connectivity index (χ3v) is 3.10. The van der Waals surface area contributed by atoms with Gasteiger partial charge in [-0.2, -0.15) is 8.75 Å². The first-order valence-corrected chi connectivity index (χ1v) is 5.67. The Labute approximate surface area is 92.2 Å². The van der Waals surface area contributed by atoms with Crippen LogP contribution in [0.3, 0.4) is 0 Å². The van der Waals surface area contributed by atoms with Crippen molar-refractivity contribution in [2.24, 2.45) is 0 Å². The molecule has 0 aliphatic heterocycles. The van der Waals surface area contributed by atoms with Crippen molar-refractivity contribution in [3.8, 4) is 0 Å². The van der Waals surface area contributed by atoms with Crippen molar-refractivity contribution in [1.82, 2.24) is 8.75 Å². The summed E-state index contributed by atoms with van der Waals surface area (Å²) < 4.78 is 13.2. The van der Waals surface area contributed by atoms with Gasteiger partial charge in [0.1, 0.15) is 0 Å². The number of rotatable bonds is 5. The van der Waals surface area contributed by atoms with Crippen LogP contribution in [0.25, 0.3) is 0 Å². The van der Waals surface area contributed by atoms with Gasteiger partial charge in [-0.05, 0) is 12.8 Å². The highest BCUT2D eigenvalue weighted by atomic mass is 35.5. The second-order valence-corrected chi connectivity index (χ2v) is 4.18. The van der Waals surface area contributed by atoms with E-state index in [2.05, 4.69) is 13.6 Å². The van der Waals surface area contributed by atoms with Crippen molar-refractivity contribution in [2.45, 2.75) is 18.9 Å². The molecule has 1 saturated carbocycles. The fourth-order valence-corrected chi connectivity index (χ4v) is 2.14. The molecule has 1 fully saturated rings. The van der Waals surface area contributed by atoms with E-state index in [9.17, 15) is 0 Å². The Kier molecular flexibility index (Phi) is 3.20. The quantitative estimate of drug-likeness (QED) is 0.778. The Morgan fingerprint density at radius 1 is 1.57 bits per heavy atom. The Bertz CT molecular complexity index is 303. The molecular weight excluding hydrogens is 222 g/mol. The third-order valence-electron chi connectivity index (χ3n) is 2.23. The zero-order valence-corrected chi connectivity index (χ0v) is 9.51. The molecule has 1 aromatic heterocycles. The van der Waals surface area contributed by atoms with Crippen molar-refractivity contribution < 1.29 is 4.74 Å². The molecule has 6 heteroatoms. The van der Waals surface area contributed by atoms with Gasteiger partial charge in [0.2, 0.25) is 0 Å². The average molecular weight is 234 g/mol. The Hall–Kier alpha value is -0.390. The van der Waals surface area contributed by atoms with Gasteiger partial charge < -0.3 is 9.64 Å². The Morgan fingerprint density at radius 2 is 2.36 bits per heavy atom. The summed E-state index contributed by atoms with van der Waals surface area (Å²) in [6, 6.07) is 0.589. The minimum absolute atomic E-state index is 0.512. The van der Waals surface area contributed by atoms with E-state index < -0.39 is 0 Å². The van der Waals surface area contributed by atoms with Crippen LogP contribution in [0.15, 0.2) is 0 Å². The molecule has 0 atom stereocenters. The van der Waals surface area contributed by atoms with Crippen LogP contribution in [0.1, 0.15) is 12.8 Å². The van der Waals surface area contributed by atoms with Gasteiger partial charge in [0.25, 0.3) is 0 Å². The number of hydrogen-bond donors (Lipinski definition) is 0. The molecule has 0 amide bonds. The number of hydrogen-bond acceptors (Lipinski definition) is 5. The van der Waals surface area contributed by atoms with Gasteiger partial charge in [0.05, 0.1) is 18.3 Å². The number of ether oxygens (including phenoxy) is 1. The number of nitrogens with zero attached hydrogens (tertiary/aromatic N) is 3. The van der Waals surface area contributed by atoms with Crippen LogP contribution < -0.4 is 4.90 Å². The summed E-state index contributed by atoms with van der Waals surface area (Å²) in [6.45, 7) is 1.54. The van der Waals surface area contributed by atoms with Crippen molar-refractivity contribution in [2.75, 3.05) is 25.2 Å². The minimum Gasteiger partial charge on any atom is -0.383 e. The van der Waals surface area contributed by atoms with E-state index in [1.165, 1.54) is 12.8 Å². The highest BCUT2D eigenvalue weighted by Gasteiger charge is 2.31. The summed E-state index contributed by atoms with van der Waals surface area (Å²) >= 11 is 7.10. The maximum absolute atomic E-state index is 5.94. The lowest BCUT2D eigenvalue weighted by Crippen LogP contribution is -2.29. The molecule has 1 aliphatic rings. The molecule has 4 nitrogen and oxygen atoms in total. The van der Waals surface area contributed by atoms with E-state index in [0.717, 1.165) is 24.1 Å². The topological polar surface area (TPSA) is 38.2 Å². The zero-order chi connectivity index (χ0) is 9.97. The number of halogens is 1. The van der Waals surface area contributed by atoms with E-state index in [4.69, 9.17) is 16.3 Å². The van der Waals surface area contributed by atoms with Crippen LogP contribution in [0.2, 0.25) is 5.15 Å².